The van der Waals surface area contributed by atoms with Gasteiger partial charge in [0.25, 0.3) is 6.34 Å². The number of nitrogens with two attached hydrogens (primary N) is 1. The normalized spacial score (nSPS) is 12.5. The fourth-order valence-electron chi connectivity index (χ4n) is 0.328. The molecule has 0 heterocycles. The topological polar surface area (TPSA) is 50.3 Å². The molecule has 2 N–H and O–H groups in total. The molecule has 0 saturated carbocycles. The minimum atomic E-state index is 0.676. The summed E-state index contributed by atoms with van der Waals surface area (Å²) in [5, 5.41) is 4.97. The maximum absolute atomic E-state index is 4.97. The summed E-state index contributed by atoms with van der Waals surface area (Å²) in [6, 6.07) is 0. The molecule has 0 saturated heterocycles. The van der Waals surface area contributed by atoms with Crippen LogP contribution in [0.3, 0.4) is 0 Å². The van der Waals surface area contributed by atoms with Gasteiger partial charge in [0.05, 0.1) is 0 Å². The number of hydrogen-bond donors (Lipinski definition) is 1. The van der Waals surface area contributed by atoms with Gasteiger partial charge in [0, 0.05) is 13.1 Å². The van der Waals surface area contributed by atoms with Gasteiger partial charge in [-0.05, 0) is 11.9 Å². The van der Waals surface area contributed by atoms with E-state index in [1.165, 1.54) is 6.34 Å². The van der Waals surface area contributed by atoms with E-state index in [0.29, 0.717) is 5.84 Å². The van der Waals surface area contributed by atoms with Crippen LogP contribution in [0.25, 0.3) is 0 Å². The summed E-state index contributed by atoms with van der Waals surface area (Å²) in [6.07, 6.45) is 2.89. The number of rotatable bonds is 1. The van der Waals surface area contributed by atoms with Crippen LogP contribution in [0.2, 0.25) is 0 Å². The van der Waals surface area contributed by atoms with Crippen LogP contribution in [0.4, 0.5) is 0 Å². The molecule has 0 aliphatic rings. The highest BCUT2D eigenvalue weighted by molar-refractivity contribution is 5.91. The second-order valence-corrected chi connectivity index (χ2v) is 1.21. The third-order valence-electron chi connectivity index (χ3n) is 0.577. The van der Waals surface area contributed by atoms with Crippen LogP contribution in [0.1, 0.15) is 13.8 Å². The maximum Gasteiger partial charge on any atom is 0.279 e. The molecule has 0 aromatic carbocycles. The smallest absolute Gasteiger partial charge is 0.279 e. The zero-order valence-corrected chi connectivity index (χ0v) is 5.13. The van der Waals surface area contributed by atoms with Crippen molar-refractivity contribution in [2.24, 2.45) is 9.98 Å². The summed E-state index contributed by atoms with van der Waals surface area (Å²) in [4.78, 5) is 7.51. The summed E-state index contributed by atoms with van der Waals surface area (Å²) in [5.41, 5.74) is 0. The molecular weight excluding hydrogens is 102 g/mol. The van der Waals surface area contributed by atoms with Crippen molar-refractivity contribution < 1.29 is 5.41 Å². The number of hydrogen-bond acceptors (Lipinski definition) is 0. The fraction of sp³-hybridized carbons (Fsp3) is 0.400. The van der Waals surface area contributed by atoms with Crippen molar-refractivity contribution in [2.75, 3.05) is 0 Å². The second kappa shape index (κ2) is 4.18. The van der Waals surface area contributed by atoms with Gasteiger partial charge in [-0.15, -0.1) is 0 Å². The first-order chi connectivity index (χ1) is 3.81. The van der Waals surface area contributed by atoms with Crippen molar-refractivity contribution in [1.82, 2.24) is 0 Å². The van der Waals surface area contributed by atoms with Gasteiger partial charge >= 0.3 is 0 Å². The SMILES string of the molecule is CC=NC(C)=NC=[NH2+]. The second-order valence-electron chi connectivity index (χ2n) is 1.21. The predicted octanol–water partition coefficient (Wildman–Crippen LogP) is -0.717. The van der Waals surface area contributed by atoms with Crippen LogP contribution in [0.15, 0.2) is 9.98 Å². The lowest BCUT2D eigenvalue weighted by atomic mass is 10.7. The van der Waals surface area contributed by atoms with Crippen LogP contribution in [0, 0.1) is 0 Å². The summed E-state index contributed by atoms with van der Waals surface area (Å²) >= 11 is 0. The molecule has 0 bridgehead atoms. The van der Waals surface area contributed by atoms with E-state index >= 15 is 0 Å². The van der Waals surface area contributed by atoms with Gasteiger partial charge in [-0.2, -0.15) is 0 Å². The lowest BCUT2D eigenvalue weighted by Gasteiger charge is -1.73. The molecule has 0 amide bonds. The van der Waals surface area contributed by atoms with E-state index in [9.17, 15) is 0 Å². The van der Waals surface area contributed by atoms with E-state index in [2.05, 4.69) is 9.98 Å². The van der Waals surface area contributed by atoms with E-state index in [4.69, 9.17) is 5.41 Å². The zero-order chi connectivity index (χ0) is 6.41. The maximum atomic E-state index is 4.97. The summed E-state index contributed by atoms with van der Waals surface area (Å²) in [7, 11) is 0. The number of amidine groups is 1. The van der Waals surface area contributed by atoms with E-state index in [1.807, 2.05) is 6.92 Å². The van der Waals surface area contributed by atoms with E-state index in [0.717, 1.165) is 0 Å². The van der Waals surface area contributed by atoms with Gasteiger partial charge in [-0.1, -0.05) is 0 Å². The molecule has 0 spiro atoms. The van der Waals surface area contributed by atoms with Crippen molar-refractivity contribution in [2.45, 2.75) is 13.8 Å². The zero-order valence-electron chi connectivity index (χ0n) is 5.13. The summed E-state index contributed by atoms with van der Waals surface area (Å²) in [5.74, 6) is 0.676. The van der Waals surface area contributed by atoms with Crippen LogP contribution in [0.5, 0.6) is 0 Å². The quantitative estimate of drug-likeness (QED) is 0.344. The van der Waals surface area contributed by atoms with Crippen LogP contribution in [-0.4, -0.2) is 18.4 Å². The Bertz CT molecular complexity index is 124. The van der Waals surface area contributed by atoms with Gasteiger partial charge < -0.3 is 0 Å². The Morgan fingerprint density at radius 3 is 2.62 bits per heavy atom. The molecule has 3 nitrogen and oxygen atoms in total. The van der Waals surface area contributed by atoms with Crippen LogP contribution in [-0.2, 0) is 0 Å². The average molecular weight is 112 g/mol. The Morgan fingerprint density at radius 2 is 2.25 bits per heavy atom. The summed E-state index contributed by atoms with van der Waals surface area (Å²) < 4.78 is 0. The standard InChI is InChI=1S/C5H9N3/c1-3-7-5(2)8-4-6/h3-4,6H,1-2H3/p+1. The van der Waals surface area contributed by atoms with Gasteiger partial charge in [-0.25, -0.2) is 4.99 Å². The van der Waals surface area contributed by atoms with Crippen molar-refractivity contribution in [1.29, 1.82) is 0 Å². The molecule has 0 atom stereocenters. The van der Waals surface area contributed by atoms with Crippen LogP contribution < -0.4 is 5.41 Å². The molecule has 8 heavy (non-hydrogen) atoms. The molecule has 0 aliphatic heterocycles. The Kier molecular flexibility index (Phi) is 3.66. The minimum absolute atomic E-state index is 0.676. The Morgan fingerprint density at radius 1 is 1.62 bits per heavy atom. The van der Waals surface area contributed by atoms with Crippen molar-refractivity contribution in [3.63, 3.8) is 0 Å². The predicted molar refractivity (Wildman–Crippen MR) is 35.3 cm³/mol. The molecule has 0 aromatic heterocycles. The first kappa shape index (κ1) is 7.01. The molecule has 0 aromatic rings. The average Bonchev–Trinajstić information content (AvgIpc) is 1.68. The molecule has 0 rings (SSSR count). The third-order valence-corrected chi connectivity index (χ3v) is 0.577. The van der Waals surface area contributed by atoms with E-state index < -0.39 is 0 Å². The largest absolute Gasteiger partial charge is 0.290 e. The first-order valence-electron chi connectivity index (χ1n) is 2.37. The lowest BCUT2D eigenvalue weighted by Crippen LogP contribution is -2.28. The highest BCUT2D eigenvalue weighted by Gasteiger charge is 1.84. The van der Waals surface area contributed by atoms with Gasteiger partial charge in [0.1, 0.15) is 0 Å². The van der Waals surface area contributed by atoms with Crippen molar-refractivity contribution in [3.8, 4) is 0 Å². The number of aliphatic imine (C=N–C) groups is 2. The van der Waals surface area contributed by atoms with E-state index in [-0.39, 0.29) is 0 Å². The van der Waals surface area contributed by atoms with Gasteiger partial charge in [-0.3, -0.25) is 5.41 Å². The molecule has 44 valence electrons. The highest BCUT2D eigenvalue weighted by Crippen LogP contribution is 1.72. The molecule has 0 fully saturated rings. The van der Waals surface area contributed by atoms with Crippen molar-refractivity contribution >= 4 is 18.4 Å². The van der Waals surface area contributed by atoms with Gasteiger partial charge in [0.2, 0.25) is 5.84 Å². The molecule has 0 aliphatic carbocycles. The Labute approximate surface area is 48.7 Å². The van der Waals surface area contributed by atoms with E-state index in [1.54, 1.807) is 13.1 Å². The molecular formula is C5H10N3+. The van der Waals surface area contributed by atoms with Crippen LogP contribution >= 0.6 is 0 Å². The third kappa shape index (κ3) is 3.21. The van der Waals surface area contributed by atoms with Crippen molar-refractivity contribution in [3.05, 3.63) is 0 Å². The fourth-order valence-corrected chi connectivity index (χ4v) is 0.328. The van der Waals surface area contributed by atoms with Gasteiger partial charge in [0.15, 0.2) is 0 Å². The highest BCUT2D eigenvalue weighted by atomic mass is 14.9. The first-order valence-corrected chi connectivity index (χ1v) is 2.37. The Hall–Kier alpha value is -0.990. The molecule has 3 heteroatoms. The lowest BCUT2D eigenvalue weighted by molar-refractivity contribution is -0.106. The minimum Gasteiger partial charge on any atom is -0.290 e. The Balaban J connectivity index is 3.79. The molecule has 0 unspecified atom stereocenters. The monoisotopic (exact) mass is 112 g/mol. The number of nitrogens with zero attached hydrogens (tertiary/aromatic N) is 2. The molecule has 0 radical (unpaired) electrons. The summed E-state index contributed by atoms with van der Waals surface area (Å²) in [6.45, 7) is 3.61.